The van der Waals surface area contributed by atoms with Gasteiger partial charge in [0.2, 0.25) is 0 Å². The largest absolute Gasteiger partial charge is 0.490 e. The third kappa shape index (κ3) is 6.19. The van der Waals surface area contributed by atoms with Crippen molar-refractivity contribution in [2.75, 3.05) is 11.9 Å². The molecule has 152 valence electrons. The normalized spacial score (nSPS) is 10.7. The van der Waals surface area contributed by atoms with Crippen molar-refractivity contribution in [2.45, 2.75) is 20.1 Å². The van der Waals surface area contributed by atoms with Gasteiger partial charge in [-0.25, -0.2) is 0 Å². The highest BCUT2D eigenvalue weighted by molar-refractivity contribution is 9.10. The number of anilines is 1. The molecular formula is C22H19BrCl3NO2. The van der Waals surface area contributed by atoms with Crippen molar-refractivity contribution < 1.29 is 9.47 Å². The van der Waals surface area contributed by atoms with Crippen LogP contribution in [-0.2, 0) is 13.2 Å². The Kier molecular flexibility index (Phi) is 7.96. The minimum absolute atomic E-state index is 0.345. The van der Waals surface area contributed by atoms with Gasteiger partial charge < -0.3 is 14.8 Å². The van der Waals surface area contributed by atoms with Gasteiger partial charge in [-0.3, -0.25) is 0 Å². The summed E-state index contributed by atoms with van der Waals surface area (Å²) < 4.78 is 12.6. The summed E-state index contributed by atoms with van der Waals surface area (Å²) in [7, 11) is 0. The lowest BCUT2D eigenvalue weighted by Crippen LogP contribution is -2.04. The average Bonchev–Trinajstić information content (AvgIpc) is 2.70. The fourth-order valence-electron chi connectivity index (χ4n) is 2.68. The Balaban J connectivity index is 1.74. The lowest BCUT2D eigenvalue weighted by molar-refractivity contribution is 0.267. The summed E-state index contributed by atoms with van der Waals surface area (Å²) in [5.41, 5.74) is 2.96. The molecule has 29 heavy (non-hydrogen) atoms. The van der Waals surface area contributed by atoms with Crippen LogP contribution in [0.5, 0.6) is 11.5 Å². The molecule has 0 amide bonds. The number of benzene rings is 3. The summed E-state index contributed by atoms with van der Waals surface area (Å²) in [6, 6.07) is 17.0. The summed E-state index contributed by atoms with van der Waals surface area (Å²) in [5, 5.41) is 5.10. The van der Waals surface area contributed by atoms with E-state index in [1.807, 2.05) is 49.4 Å². The number of ether oxygens (including phenoxy) is 2. The molecule has 3 rings (SSSR count). The summed E-state index contributed by atoms with van der Waals surface area (Å²) in [4.78, 5) is 0. The van der Waals surface area contributed by atoms with Crippen molar-refractivity contribution in [3.8, 4) is 11.5 Å². The molecule has 3 nitrogen and oxygen atoms in total. The SMILES string of the molecule is CCOc1cc(CNc2ccc(Cl)cc2)cc(Br)c1OCc1ccc(Cl)c(Cl)c1. The van der Waals surface area contributed by atoms with E-state index >= 15 is 0 Å². The molecule has 0 saturated heterocycles. The first kappa shape index (κ1) is 22.1. The predicted octanol–water partition coefficient (Wildman–Crippen LogP) is 8.00. The summed E-state index contributed by atoms with van der Waals surface area (Å²) >= 11 is 21.6. The van der Waals surface area contributed by atoms with Gasteiger partial charge in [0.25, 0.3) is 0 Å². The van der Waals surface area contributed by atoms with Gasteiger partial charge in [-0.1, -0.05) is 40.9 Å². The van der Waals surface area contributed by atoms with Crippen molar-refractivity contribution in [1.29, 1.82) is 0 Å². The molecule has 7 heteroatoms. The fourth-order valence-corrected chi connectivity index (χ4v) is 3.73. The summed E-state index contributed by atoms with van der Waals surface area (Å²) in [5.74, 6) is 1.32. The van der Waals surface area contributed by atoms with Crippen molar-refractivity contribution >= 4 is 56.4 Å². The molecule has 3 aromatic carbocycles. The maximum absolute atomic E-state index is 6.09. The van der Waals surface area contributed by atoms with Gasteiger partial charge in [0.1, 0.15) is 6.61 Å². The van der Waals surface area contributed by atoms with Crippen LogP contribution in [0.4, 0.5) is 5.69 Å². The Hall–Kier alpha value is -1.59. The molecule has 0 aromatic heterocycles. The zero-order chi connectivity index (χ0) is 20.8. The zero-order valence-electron chi connectivity index (χ0n) is 15.6. The predicted molar refractivity (Wildman–Crippen MR) is 125 cm³/mol. The second-order valence-corrected chi connectivity index (χ2v) is 8.34. The highest BCUT2D eigenvalue weighted by Gasteiger charge is 2.13. The van der Waals surface area contributed by atoms with Crippen molar-refractivity contribution in [3.05, 3.63) is 85.3 Å². The molecule has 0 spiro atoms. The first-order valence-corrected chi connectivity index (χ1v) is 10.9. The zero-order valence-corrected chi connectivity index (χ0v) is 19.5. The highest BCUT2D eigenvalue weighted by Crippen LogP contribution is 2.38. The van der Waals surface area contributed by atoms with Crippen molar-refractivity contribution in [2.24, 2.45) is 0 Å². The second kappa shape index (κ2) is 10.4. The Morgan fingerprint density at radius 1 is 0.862 bits per heavy atom. The minimum atomic E-state index is 0.345. The number of rotatable bonds is 8. The van der Waals surface area contributed by atoms with E-state index in [0.717, 1.165) is 21.3 Å². The molecule has 1 N–H and O–H groups in total. The fraction of sp³-hybridized carbons (Fsp3) is 0.182. The Bertz CT molecular complexity index is 981. The van der Waals surface area contributed by atoms with Crippen LogP contribution in [0.3, 0.4) is 0 Å². The van der Waals surface area contributed by atoms with E-state index in [2.05, 4.69) is 21.2 Å². The Morgan fingerprint density at radius 3 is 2.31 bits per heavy atom. The van der Waals surface area contributed by atoms with Crippen LogP contribution in [0.2, 0.25) is 15.1 Å². The lowest BCUT2D eigenvalue weighted by atomic mass is 10.2. The van der Waals surface area contributed by atoms with Crippen molar-refractivity contribution in [1.82, 2.24) is 0 Å². The summed E-state index contributed by atoms with van der Waals surface area (Å²) in [6.07, 6.45) is 0. The van der Waals surface area contributed by atoms with Gasteiger partial charge in [0.15, 0.2) is 11.5 Å². The van der Waals surface area contributed by atoms with Gasteiger partial charge >= 0.3 is 0 Å². The van der Waals surface area contributed by atoms with Crippen LogP contribution in [0, 0.1) is 0 Å². The topological polar surface area (TPSA) is 30.5 Å². The quantitative estimate of drug-likeness (QED) is 0.330. The molecule has 0 saturated carbocycles. The molecule has 0 fully saturated rings. The van der Waals surface area contributed by atoms with E-state index in [1.165, 1.54) is 0 Å². The molecular weight excluding hydrogens is 497 g/mol. The average molecular weight is 516 g/mol. The molecule has 0 aliphatic rings. The highest BCUT2D eigenvalue weighted by atomic mass is 79.9. The second-order valence-electron chi connectivity index (χ2n) is 6.24. The van der Waals surface area contributed by atoms with Crippen LogP contribution < -0.4 is 14.8 Å². The smallest absolute Gasteiger partial charge is 0.175 e. The van der Waals surface area contributed by atoms with Gasteiger partial charge in [-0.05, 0) is 82.5 Å². The first-order valence-electron chi connectivity index (χ1n) is 8.97. The number of halogens is 4. The van der Waals surface area contributed by atoms with E-state index in [-0.39, 0.29) is 0 Å². The molecule has 0 atom stereocenters. The molecule has 0 aliphatic heterocycles. The van der Waals surface area contributed by atoms with Crippen LogP contribution in [-0.4, -0.2) is 6.61 Å². The number of hydrogen-bond acceptors (Lipinski definition) is 3. The molecule has 0 heterocycles. The van der Waals surface area contributed by atoms with E-state index in [9.17, 15) is 0 Å². The number of nitrogens with one attached hydrogen (secondary N) is 1. The van der Waals surface area contributed by atoms with Crippen molar-refractivity contribution in [3.63, 3.8) is 0 Å². The first-order chi connectivity index (χ1) is 14.0. The molecule has 3 aromatic rings. The van der Waals surface area contributed by atoms with E-state index < -0.39 is 0 Å². The van der Waals surface area contributed by atoms with Gasteiger partial charge in [-0.2, -0.15) is 0 Å². The van der Waals surface area contributed by atoms with Crippen LogP contribution in [0.25, 0.3) is 0 Å². The van der Waals surface area contributed by atoms with Gasteiger partial charge in [0, 0.05) is 17.3 Å². The maximum atomic E-state index is 6.09. The number of hydrogen-bond donors (Lipinski definition) is 1. The van der Waals surface area contributed by atoms with E-state index in [4.69, 9.17) is 44.3 Å². The molecule has 0 bridgehead atoms. The maximum Gasteiger partial charge on any atom is 0.175 e. The molecule has 0 radical (unpaired) electrons. The third-order valence-corrected chi connectivity index (χ3v) is 5.66. The van der Waals surface area contributed by atoms with Crippen LogP contribution in [0.15, 0.2) is 59.1 Å². The third-order valence-electron chi connectivity index (χ3n) is 4.08. The minimum Gasteiger partial charge on any atom is -0.490 e. The Labute approximate surface area is 194 Å². The monoisotopic (exact) mass is 513 g/mol. The molecule has 0 unspecified atom stereocenters. The molecule has 0 aliphatic carbocycles. The van der Waals surface area contributed by atoms with Crippen LogP contribution >= 0.6 is 50.7 Å². The van der Waals surface area contributed by atoms with E-state index in [0.29, 0.717) is 46.3 Å². The van der Waals surface area contributed by atoms with Gasteiger partial charge in [-0.15, -0.1) is 0 Å². The van der Waals surface area contributed by atoms with Crippen LogP contribution in [0.1, 0.15) is 18.1 Å². The van der Waals surface area contributed by atoms with Gasteiger partial charge in [0.05, 0.1) is 21.1 Å². The summed E-state index contributed by atoms with van der Waals surface area (Å²) in [6.45, 7) is 3.45. The standard InChI is InChI=1S/C22H19BrCl3NO2/c1-2-28-21-11-15(12-27-17-6-4-16(24)5-7-17)9-18(23)22(21)29-13-14-3-8-19(25)20(26)10-14/h3-11,27H,2,12-13H2,1H3. The van der Waals surface area contributed by atoms with E-state index in [1.54, 1.807) is 12.1 Å². The Morgan fingerprint density at radius 2 is 1.62 bits per heavy atom. The lowest BCUT2D eigenvalue weighted by Gasteiger charge is -2.16.